The van der Waals surface area contributed by atoms with Crippen molar-refractivity contribution in [1.82, 2.24) is 14.5 Å². The van der Waals surface area contributed by atoms with E-state index in [1.165, 1.54) is 23.6 Å². The number of nitrogens with one attached hydrogen (secondary N) is 1. The predicted molar refractivity (Wildman–Crippen MR) is 113 cm³/mol. The van der Waals surface area contributed by atoms with E-state index in [9.17, 15) is 13.2 Å². The predicted octanol–water partition coefficient (Wildman–Crippen LogP) is 3.00. The van der Waals surface area contributed by atoms with Crippen LogP contribution in [0.25, 0.3) is 0 Å². The maximum absolute atomic E-state index is 12.9. The first-order valence-corrected chi connectivity index (χ1v) is 12.5. The molecule has 6 nitrogen and oxygen atoms in total. The fraction of sp³-hybridized carbons (Fsp3) is 0.682. The van der Waals surface area contributed by atoms with Crippen molar-refractivity contribution < 1.29 is 13.2 Å². The standard InChI is InChI=1S/C22H33N3O3S/c1-24(19-5-3-2-4-6-19)29(27,28)21-11-7-17(8-12-21)22(26)23-18-13-15-25(16-14-18)20-9-10-20/h7-8,11-12,18-20H,2-6,9-10,13-16H2,1H3,(H,23,26). The third kappa shape index (κ3) is 4.84. The molecule has 7 heteroatoms. The summed E-state index contributed by atoms with van der Waals surface area (Å²) in [5, 5.41) is 3.12. The number of rotatable bonds is 6. The lowest BCUT2D eigenvalue weighted by Crippen LogP contribution is -2.45. The van der Waals surface area contributed by atoms with Gasteiger partial charge < -0.3 is 10.2 Å². The van der Waals surface area contributed by atoms with Crippen LogP contribution in [0.5, 0.6) is 0 Å². The number of carbonyl (C=O) groups excluding carboxylic acids is 1. The second-order valence-electron chi connectivity index (χ2n) is 8.85. The highest BCUT2D eigenvalue weighted by Gasteiger charge is 2.32. The summed E-state index contributed by atoms with van der Waals surface area (Å²) in [6.45, 7) is 2.11. The van der Waals surface area contributed by atoms with Gasteiger partial charge in [0.2, 0.25) is 10.0 Å². The zero-order valence-electron chi connectivity index (χ0n) is 17.3. The minimum atomic E-state index is -3.52. The molecule has 1 saturated heterocycles. The van der Waals surface area contributed by atoms with Gasteiger partial charge in [0.15, 0.2) is 0 Å². The molecular formula is C22H33N3O3S. The number of hydrogen-bond donors (Lipinski definition) is 1. The molecule has 1 heterocycles. The van der Waals surface area contributed by atoms with Crippen molar-refractivity contribution >= 4 is 15.9 Å². The SMILES string of the molecule is CN(C1CCCCC1)S(=O)(=O)c1ccc(C(=O)NC2CCN(C3CC3)CC2)cc1. The molecule has 2 saturated carbocycles. The molecule has 3 aliphatic rings. The third-order valence-corrected chi connectivity index (χ3v) is 8.73. The first kappa shape index (κ1) is 20.8. The summed E-state index contributed by atoms with van der Waals surface area (Å²) in [5.74, 6) is -0.112. The van der Waals surface area contributed by atoms with E-state index in [-0.39, 0.29) is 22.9 Å². The molecular weight excluding hydrogens is 386 g/mol. The highest BCUT2D eigenvalue weighted by molar-refractivity contribution is 7.89. The van der Waals surface area contributed by atoms with Crippen LogP contribution in [0.15, 0.2) is 29.2 Å². The van der Waals surface area contributed by atoms with E-state index in [1.807, 2.05) is 0 Å². The van der Waals surface area contributed by atoms with Crippen molar-refractivity contribution in [2.24, 2.45) is 0 Å². The van der Waals surface area contributed by atoms with E-state index >= 15 is 0 Å². The van der Waals surface area contributed by atoms with Gasteiger partial charge in [-0.25, -0.2) is 8.42 Å². The van der Waals surface area contributed by atoms with Crippen molar-refractivity contribution in [2.75, 3.05) is 20.1 Å². The molecule has 29 heavy (non-hydrogen) atoms. The number of benzene rings is 1. The Morgan fingerprint density at radius 1 is 0.966 bits per heavy atom. The maximum Gasteiger partial charge on any atom is 0.251 e. The Morgan fingerprint density at radius 3 is 2.17 bits per heavy atom. The molecule has 0 unspecified atom stereocenters. The number of hydrogen-bond acceptors (Lipinski definition) is 4. The molecule has 1 aliphatic heterocycles. The van der Waals surface area contributed by atoms with Gasteiger partial charge in [-0.15, -0.1) is 0 Å². The fourth-order valence-corrected chi connectivity index (χ4v) is 6.12. The number of amides is 1. The second-order valence-corrected chi connectivity index (χ2v) is 10.8. The average molecular weight is 420 g/mol. The molecule has 4 rings (SSSR count). The number of likely N-dealkylation sites (tertiary alicyclic amines) is 1. The Labute approximate surface area is 174 Å². The molecule has 0 aromatic heterocycles. The van der Waals surface area contributed by atoms with Gasteiger partial charge in [-0.05, 0) is 62.8 Å². The molecule has 1 amide bonds. The van der Waals surface area contributed by atoms with E-state index < -0.39 is 10.0 Å². The largest absolute Gasteiger partial charge is 0.349 e. The van der Waals surface area contributed by atoms with Gasteiger partial charge in [-0.2, -0.15) is 4.31 Å². The molecule has 1 aromatic rings. The zero-order valence-corrected chi connectivity index (χ0v) is 18.2. The topological polar surface area (TPSA) is 69.7 Å². The van der Waals surface area contributed by atoms with E-state index in [0.717, 1.165) is 57.7 Å². The molecule has 160 valence electrons. The lowest BCUT2D eigenvalue weighted by atomic mass is 9.96. The molecule has 0 radical (unpaired) electrons. The van der Waals surface area contributed by atoms with Crippen molar-refractivity contribution in [3.63, 3.8) is 0 Å². The Kier molecular flexibility index (Phi) is 6.27. The summed E-state index contributed by atoms with van der Waals surface area (Å²) in [5.41, 5.74) is 0.522. The van der Waals surface area contributed by atoms with Gasteiger partial charge in [-0.3, -0.25) is 4.79 Å². The minimum Gasteiger partial charge on any atom is -0.349 e. The summed E-state index contributed by atoms with van der Waals surface area (Å²) in [7, 11) is -1.84. The van der Waals surface area contributed by atoms with Crippen LogP contribution in [0.4, 0.5) is 0 Å². The van der Waals surface area contributed by atoms with E-state index in [4.69, 9.17) is 0 Å². The average Bonchev–Trinajstić information content (AvgIpc) is 3.60. The summed E-state index contributed by atoms with van der Waals surface area (Å²) >= 11 is 0. The van der Waals surface area contributed by atoms with Crippen LogP contribution in [-0.4, -0.2) is 61.8 Å². The molecule has 1 aromatic carbocycles. The Balaban J connectivity index is 1.34. The summed E-state index contributed by atoms with van der Waals surface area (Å²) in [4.78, 5) is 15.4. The first-order valence-electron chi connectivity index (χ1n) is 11.1. The highest BCUT2D eigenvalue weighted by Crippen LogP contribution is 2.29. The third-order valence-electron chi connectivity index (χ3n) is 6.81. The monoisotopic (exact) mass is 419 g/mol. The van der Waals surface area contributed by atoms with Crippen LogP contribution in [0.1, 0.15) is 68.1 Å². The lowest BCUT2D eigenvalue weighted by molar-refractivity contribution is 0.0909. The van der Waals surface area contributed by atoms with E-state index in [0.29, 0.717) is 5.56 Å². The number of carbonyl (C=O) groups is 1. The van der Waals surface area contributed by atoms with Gasteiger partial charge >= 0.3 is 0 Å². The molecule has 1 N–H and O–H groups in total. The molecule has 0 bridgehead atoms. The smallest absolute Gasteiger partial charge is 0.251 e. The fourth-order valence-electron chi connectivity index (χ4n) is 4.70. The van der Waals surface area contributed by atoms with Crippen molar-refractivity contribution in [1.29, 1.82) is 0 Å². The van der Waals surface area contributed by atoms with E-state index in [1.54, 1.807) is 31.3 Å². The lowest BCUT2D eigenvalue weighted by Gasteiger charge is -2.32. The Bertz CT molecular complexity index is 806. The first-order chi connectivity index (χ1) is 13.9. The van der Waals surface area contributed by atoms with Crippen molar-refractivity contribution in [3.05, 3.63) is 29.8 Å². The number of sulfonamides is 1. The van der Waals surface area contributed by atoms with Gasteiger partial charge in [0, 0.05) is 43.8 Å². The van der Waals surface area contributed by atoms with Crippen LogP contribution in [0.2, 0.25) is 0 Å². The molecule has 3 fully saturated rings. The minimum absolute atomic E-state index is 0.0817. The summed E-state index contributed by atoms with van der Waals surface area (Å²) in [6.07, 6.45) is 9.83. The van der Waals surface area contributed by atoms with Gasteiger partial charge in [0.05, 0.1) is 4.90 Å². The van der Waals surface area contributed by atoms with Crippen LogP contribution in [0.3, 0.4) is 0 Å². The zero-order chi connectivity index (χ0) is 20.4. The van der Waals surface area contributed by atoms with Crippen molar-refractivity contribution in [3.8, 4) is 0 Å². The normalized spacial score (nSPS) is 22.7. The molecule has 0 atom stereocenters. The molecule has 2 aliphatic carbocycles. The van der Waals surface area contributed by atoms with Crippen molar-refractivity contribution in [2.45, 2.75) is 80.8 Å². The maximum atomic E-state index is 12.9. The highest BCUT2D eigenvalue weighted by atomic mass is 32.2. The molecule has 0 spiro atoms. The second kappa shape index (κ2) is 8.74. The van der Waals surface area contributed by atoms with Crippen LogP contribution < -0.4 is 5.32 Å². The summed E-state index contributed by atoms with van der Waals surface area (Å²) in [6, 6.07) is 7.48. The number of nitrogens with zero attached hydrogens (tertiary/aromatic N) is 2. The van der Waals surface area contributed by atoms with Gasteiger partial charge in [-0.1, -0.05) is 19.3 Å². The van der Waals surface area contributed by atoms with Crippen LogP contribution >= 0.6 is 0 Å². The Morgan fingerprint density at radius 2 is 1.59 bits per heavy atom. The number of piperidine rings is 1. The summed E-state index contributed by atoms with van der Waals surface area (Å²) < 4.78 is 27.4. The van der Waals surface area contributed by atoms with Crippen LogP contribution in [0, 0.1) is 0 Å². The quantitative estimate of drug-likeness (QED) is 0.770. The van der Waals surface area contributed by atoms with Crippen LogP contribution in [-0.2, 0) is 10.0 Å². The Hall–Kier alpha value is -1.44. The van der Waals surface area contributed by atoms with Gasteiger partial charge in [0.25, 0.3) is 5.91 Å². The van der Waals surface area contributed by atoms with E-state index in [2.05, 4.69) is 10.2 Å². The van der Waals surface area contributed by atoms with Gasteiger partial charge in [0.1, 0.15) is 0 Å².